The van der Waals surface area contributed by atoms with E-state index in [9.17, 15) is 4.79 Å². The second kappa shape index (κ2) is 9.92. The van der Waals surface area contributed by atoms with E-state index >= 15 is 0 Å². The number of aryl methyl sites for hydroxylation is 2. The third kappa shape index (κ3) is 5.29. The molecule has 2 aromatic carbocycles. The number of hydrogen-bond donors (Lipinski definition) is 0. The molecule has 0 saturated carbocycles. The van der Waals surface area contributed by atoms with Gasteiger partial charge in [-0.15, -0.1) is 0 Å². The van der Waals surface area contributed by atoms with Crippen LogP contribution in [0.3, 0.4) is 0 Å². The number of ether oxygens (including phenoxy) is 1. The van der Waals surface area contributed by atoms with Crippen molar-refractivity contribution in [3.63, 3.8) is 0 Å². The second-order valence-corrected chi connectivity index (χ2v) is 8.05. The lowest BCUT2D eigenvalue weighted by Crippen LogP contribution is -2.24. The topological polar surface area (TPSA) is 47.4 Å². The molecule has 2 heterocycles. The molecule has 156 valence electrons. The number of likely N-dealkylation sites (tertiary alicyclic amines) is 1. The molecule has 3 aromatic rings. The van der Waals surface area contributed by atoms with Gasteiger partial charge in [-0.2, -0.15) is 5.10 Å². The van der Waals surface area contributed by atoms with Gasteiger partial charge in [0.05, 0.1) is 6.20 Å². The van der Waals surface area contributed by atoms with Crippen LogP contribution in [0.1, 0.15) is 29.5 Å². The maximum atomic E-state index is 12.6. The summed E-state index contributed by atoms with van der Waals surface area (Å²) in [4.78, 5) is 15.0. The van der Waals surface area contributed by atoms with E-state index in [1.54, 1.807) is 0 Å². The van der Waals surface area contributed by atoms with Gasteiger partial charge in [-0.25, -0.2) is 4.68 Å². The summed E-state index contributed by atoms with van der Waals surface area (Å²) in [5, 5.41) is 4.31. The van der Waals surface area contributed by atoms with Crippen molar-refractivity contribution in [2.45, 2.75) is 39.0 Å². The molecule has 0 unspecified atom stereocenters. The molecule has 4 rings (SSSR count). The van der Waals surface area contributed by atoms with E-state index in [1.807, 2.05) is 30.3 Å². The van der Waals surface area contributed by atoms with E-state index in [-0.39, 0.29) is 10.6 Å². The highest BCUT2D eigenvalue weighted by Gasteiger charge is 2.12. The molecule has 1 saturated heterocycles. The molecule has 1 fully saturated rings. The first-order valence-electron chi connectivity index (χ1n) is 10.4. The van der Waals surface area contributed by atoms with Crippen LogP contribution in [0.15, 0.2) is 65.6 Å². The molecule has 6 heteroatoms. The Balaban J connectivity index is 1.34. The standard InChI is InChI=1S/C24H26ClN3O2/c25-23-22(30-18-21-6-2-1-3-7-21)16-26-28(24(23)29)15-12-19-8-10-20(11-9-19)17-27-13-4-5-14-27/h1-3,6-11,16H,4-5,12-15,17-18H2. The van der Waals surface area contributed by atoms with Gasteiger partial charge in [0.2, 0.25) is 0 Å². The van der Waals surface area contributed by atoms with Gasteiger partial charge in [-0.3, -0.25) is 9.69 Å². The van der Waals surface area contributed by atoms with Crippen molar-refractivity contribution in [2.75, 3.05) is 13.1 Å². The average Bonchev–Trinajstić information content (AvgIpc) is 3.29. The smallest absolute Gasteiger partial charge is 0.289 e. The van der Waals surface area contributed by atoms with Crippen molar-refractivity contribution >= 4 is 11.6 Å². The molecule has 0 radical (unpaired) electrons. The van der Waals surface area contributed by atoms with Gasteiger partial charge in [0.25, 0.3) is 5.56 Å². The Morgan fingerprint density at radius 3 is 2.37 bits per heavy atom. The Morgan fingerprint density at radius 1 is 0.933 bits per heavy atom. The Hall–Kier alpha value is -2.63. The van der Waals surface area contributed by atoms with Gasteiger partial charge in [-0.1, -0.05) is 66.2 Å². The van der Waals surface area contributed by atoms with E-state index in [2.05, 4.69) is 34.3 Å². The van der Waals surface area contributed by atoms with Crippen LogP contribution in [0.5, 0.6) is 5.75 Å². The Labute approximate surface area is 181 Å². The molecule has 1 aromatic heterocycles. The summed E-state index contributed by atoms with van der Waals surface area (Å²) >= 11 is 6.25. The third-order valence-corrected chi connectivity index (χ3v) is 5.78. The predicted molar refractivity (Wildman–Crippen MR) is 119 cm³/mol. The van der Waals surface area contributed by atoms with Crippen LogP contribution in [0.25, 0.3) is 0 Å². The lowest BCUT2D eigenvalue weighted by atomic mass is 10.1. The second-order valence-electron chi connectivity index (χ2n) is 7.68. The number of rotatable bonds is 8. The first-order chi connectivity index (χ1) is 14.7. The maximum absolute atomic E-state index is 12.6. The zero-order valence-electron chi connectivity index (χ0n) is 17.0. The maximum Gasteiger partial charge on any atom is 0.289 e. The number of aromatic nitrogens is 2. The van der Waals surface area contributed by atoms with Crippen molar-refractivity contribution in [1.29, 1.82) is 0 Å². The van der Waals surface area contributed by atoms with Crippen molar-refractivity contribution in [3.05, 3.63) is 92.9 Å². The van der Waals surface area contributed by atoms with Crippen LogP contribution in [0.4, 0.5) is 0 Å². The molecule has 0 amide bonds. The minimum Gasteiger partial charge on any atom is -0.485 e. The summed E-state index contributed by atoms with van der Waals surface area (Å²) < 4.78 is 7.08. The molecular formula is C24H26ClN3O2. The number of nitrogens with zero attached hydrogens (tertiary/aromatic N) is 3. The van der Waals surface area contributed by atoms with Gasteiger partial charge in [-0.05, 0) is 49.0 Å². The van der Waals surface area contributed by atoms with Crippen molar-refractivity contribution in [2.24, 2.45) is 0 Å². The molecule has 1 aliphatic heterocycles. The molecule has 30 heavy (non-hydrogen) atoms. The van der Waals surface area contributed by atoms with Crippen molar-refractivity contribution in [3.8, 4) is 5.75 Å². The number of hydrogen-bond acceptors (Lipinski definition) is 4. The van der Waals surface area contributed by atoms with Gasteiger partial charge >= 0.3 is 0 Å². The Bertz CT molecular complexity index is 1010. The fourth-order valence-electron chi connectivity index (χ4n) is 3.69. The molecule has 0 spiro atoms. The first kappa shape index (κ1) is 20.6. The number of benzene rings is 2. The minimum absolute atomic E-state index is 0.0712. The van der Waals surface area contributed by atoms with E-state index in [4.69, 9.17) is 16.3 Å². The van der Waals surface area contributed by atoms with Crippen LogP contribution in [0.2, 0.25) is 5.02 Å². The summed E-state index contributed by atoms with van der Waals surface area (Å²) in [5.74, 6) is 0.313. The van der Waals surface area contributed by atoms with Crippen LogP contribution >= 0.6 is 11.6 Å². The highest BCUT2D eigenvalue weighted by atomic mass is 35.5. The highest BCUT2D eigenvalue weighted by molar-refractivity contribution is 6.31. The van der Waals surface area contributed by atoms with Crippen LogP contribution in [-0.2, 0) is 26.1 Å². The molecular weight excluding hydrogens is 398 g/mol. The van der Waals surface area contributed by atoms with E-state index < -0.39 is 0 Å². The summed E-state index contributed by atoms with van der Waals surface area (Å²) in [6, 6.07) is 18.4. The number of halogens is 1. The van der Waals surface area contributed by atoms with Gasteiger partial charge in [0.1, 0.15) is 6.61 Å². The first-order valence-corrected chi connectivity index (χ1v) is 10.8. The monoisotopic (exact) mass is 423 g/mol. The van der Waals surface area contributed by atoms with E-state index in [0.717, 1.165) is 18.5 Å². The molecule has 0 bridgehead atoms. The highest BCUT2D eigenvalue weighted by Crippen LogP contribution is 2.20. The average molecular weight is 424 g/mol. The lowest BCUT2D eigenvalue weighted by Gasteiger charge is -2.14. The van der Waals surface area contributed by atoms with Crippen molar-refractivity contribution < 1.29 is 4.74 Å². The van der Waals surface area contributed by atoms with Gasteiger partial charge < -0.3 is 4.74 Å². The Kier molecular flexibility index (Phi) is 6.82. The quantitative estimate of drug-likeness (QED) is 0.541. The zero-order chi connectivity index (χ0) is 20.8. The SMILES string of the molecule is O=c1c(Cl)c(OCc2ccccc2)cnn1CCc1ccc(CN2CCCC2)cc1. The fraction of sp³-hybridized carbons (Fsp3) is 0.333. The molecule has 0 N–H and O–H groups in total. The van der Waals surface area contributed by atoms with Gasteiger partial charge in [0.15, 0.2) is 10.8 Å². The molecule has 0 atom stereocenters. The van der Waals surface area contributed by atoms with E-state index in [1.165, 1.54) is 47.9 Å². The summed E-state index contributed by atoms with van der Waals surface area (Å²) in [7, 11) is 0. The fourth-order valence-corrected chi connectivity index (χ4v) is 3.89. The largest absolute Gasteiger partial charge is 0.485 e. The zero-order valence-corrected chi connectivity index (χ0v) is 17.7. The lowest BCUT2D eigenvalue weighted by molar-refractivity contribution is 0.302. The van der Waals surface area contributed by atoms with Crippen LogP contribution < -0.4 is 10.3 Å². The van der Waals surface area contributed by atoms with Crippen LogP contribution in [0, 0.1) is 0 Å². The van der Waals surface area contributed by atoms with Gasteiger partial charge in [0, 0.05) is 13.1 Å². The summed E-state index contributed by atoms with van der Waals surface area (Å²) in [6.07, 6.45) is 4.85. The minimum atomic E-state index is -0.326. The summed E-state index contributed by atoms with van der Waals surface area (Å²) in [6.45, 7) is 4.23. The van der Waals surface area contributed by atoms with Crippen LogP contribution in [-0.4, -0.2) is 27.8 Å². The van der Waals surface area contributed by atoms with E-state index in [0.29, 0.717) is 18.9 Å². The van der Waals surface area contributed by atoms with Crippen molar-refractivity contribution in [1.82, 2.24) is 14.7 Å². The normalized spacial score (nSPS) is 14.2. The molecule has 1 aliphatic rings. The predicted octanol–water partition coefficient (Wildman–Crippen LogP) is 4.31. The Morgan fingerprint density at radius 2 is 1.63 bits per heavy atom. The summed E-state index contributed by atoms with van der Waals surface area (Å²) in [5.41, 5.74) is 3.19. The third-order valence-electron chi connectivity index (χ3n) is 5.43. The molecule has 5 nitrogen and oxygen atoms in total. The molecule has 0 aliphatic carbocycles.